The Kier molecular flexibility index (Phi) is 2.84. The van der Waals surface area contributed by atoms with Gasteiger partial charge in [-0.1, -0.05) is 0 Å². The number of hydrogen-bond donors (Lipinski definition) is 1. The molecule has 0 aliphatic carbocycles. The molecule has 16 heavy (non-hydrogen) atoms. The highest BCUT2D eigenvalue weighted by Gasteiger charge is 2.07. The molecule has 2 heterocycles. The van der Waals surface area contributed by atoms with Gasteiger partial charge in [-0.25, -0.2) is 4.98 Å². The highest BCUT2D eigenvalue weighted by Crippen LogP contribution is 2.13. The van der Waals surface area contributed by atoms with E-state index in [-0.39, 0.29) is 12.5 Å². The molecule has 0 radical (unpaired) electrons. The highest BCUT2D eigenvalue weighted by molar-refractivity contribution is 5.74. The van der Waals surface area contributed by atoms with Crippen LogP contribution in [0.15, 0.2) is 18.3 Å². The van der Waals surface area contributed by atoms with E-state index in [4.69, 9.17) is 10.4 Å². The molecule has 0 spiro atoms. The number of aliphatic hydroxyl groups is 1. The molecule has 0 bridgehead atoms. The second-order valence-corrected chi connectivity index (χ2v) is 3.72. The van der Waals surface area contributed by atoms with E-state index in [1.165, 1.54) is 0 Å². The van der Waals surface area contributed by atoms with Crippen molar-refractivity contribution in [3.8, 4) is 6.07 Å². The Labute approximate surface area is 93.0 Å². The van der Waals surface area contributed by atoms with E-state index in [1.54, 1.807) is 16.9 Å². The van der Waals surface area contributed by atoms with Crippen LogP contribution in [0.2, 0.25) is 0 Å². The molecule has 2 aromatic rings. The smallest absolute Gasteiger partial charge is 0.109 e. The standard InChI is InChI=1S/C11H12N4O/c1-8(4-12)6-15-11-3-2-9(7-16)14-10(11)5-13-15/h2-3,5,8,16H,6-7H2,1H3. The molecule has 82 valence electrons. The van der Waals surface area contributed by atoms with Crippen LogP contribution < -0.4 is 0 Å². The van der Waals surface area contributed by atoms with Gasteiger partial charge < -0.3 is 5.11 Å². The second kappa shape index (κ2) is 4.29. The highest BCUT2D eigenvalue weighted by atomic mass is 16.3. The van der Waals surface area contributed by atoms with E-state index < -0.39 is 0 Å². The van der Waals surface area contributed by atoms with Crippen molar-refractivity contribution in [2.24, 2.45) is 5.92 Å². The molecule has 1 atom stereocenters. The lowest BCUT2D eigenvalue weighted by Crippen LogP contribution is -2.07. The third-order valence-corrected chi connectivity index (χ3v) is 2.39. The molecule has 2 rings (SSSR count). The summed E-state index contributed by atoms with van der Waals surface area (Å²) in [4.78, 5) is 4.23. The molecule has 5 nitrogen and oxygen atoms in total. The lowest BCUT2D eigenvalue weighted by molar-refractivity contribution is 0.277. The Morgan fingerprint density at radius 2 is 2.38 bits per heavy atom. The van der Waals surface area contributed by atoms with Crippen molar-refractivity contribution in [3.63, 3.8) is 0 Å². The maximum atomic E-state index is 8.95. The number of hydrogen-bond acceptors (Lipinski definition) is 4. The average molecular weight is 216 g/mol. The molecule has 5 heteroatoms. The molecule has 1 unspecified atom stereocenters. The van der Waals surface area contributed by atoms with Gasteiger partial charge in [0.25, 0.3) is 0 Å². The van der Waals surface area contributed by atoms with E-state index in [9.17, 15) is 0 Å². The van der Waals surface area contributed by atoms with Crippen LogP contribution in [0.4, 0.5) is 0 Å². The predicted octanol–water partition coefficient (Wildman–Crippen LogP) is 1.08. The zero-order chi connectivity index (χ0) is 11.5. The fourth-order valence-corrected chi connectivity index (χ4v) is 1.54. The molecular weight excluding hydrogens is 204 g/mol. The summed E-state index contributed by atoms with van der Waals surface area (Å²) in [5.41, 5.74) is 2.26. The van der Waals surface area contributed by atoms with Gasteiger partial charge in [-0.2, -0.15) is 10.4 Å². The summed E-state index contributed by atoms with van der Waals surface area (Å²) < 4.78 is 1.76. The van der Waals surface area contributed by atoms with E-state index in [2.05, 4.69) is 16.2 Å². The van der Waals surface area contributed by atoms with Gasteiger partial charge in [-0.3, -0.25) is 4.68 Å². The fraction of sp³-hybridized carbons (Fsp3) is 0.364. The van der Waals surface area contributed by atoms with Gasteiger partial charge in [0.15, 0.2) is 0 Å². The minimum Gasteiger partial charge on any atom is -0.390 e. The van der Waals surface area contributed by atoms with Gasteiger partial charge in [0.1, 0.15) is 5.52 Å². The zero-order valence-electron chi connectivity index (χ0n) is 8.96. The molecule has 0 saturated heterocycles. The zero-order valence-corrected chi connectivity index (χ0v) is 8.96. The van der Waals surface area contributed by atoms with Crippen LogP contribution in [0.5, 0.6) is 0 Å². The topological polar surface area (TPSA) is 74.7 Å². The van der Waals surface area contributed by atoms with Gasteiger partial charge >= 0.3 is 0 Å². The number of aromatic nitrogens is 3. The number of rotatable bonds is 3. The average Bonchev–Trinajstić information content (AvgIpc) is 2.71. The predicted molar refractivity (Wildman–Crippen MR) is 58.2 cm³/mol. The monoisotopic (exact) mass is 216 g/mol. The number of fused-ring (bicyclic) bond motifs is 1. The van der Waals surface area contributed by atoms with Gasteiger partial charge in [-0.15, -0.1) is 0 Å². The molecule has 0 amide bonds. The first-order valence-corrected chi connectivity index (χ1v) is 5.06. The SMILES string of the molecule is CC(C#N)Cn1ncc2nc(CO)ccc21. The van der Waals surface area contributed by atoms with Crippen LogP contribution in [0.3, 0.4) is 0 Å². The second-order valence-electron chi connectivity index (χ2n) is 3.72. The van der Waals surface area contributed by atoms with Crippen molar-refractivity contribution in [2.45, 2.75) is 20.1 Å². The number of aliphatic hydroxyl groups excluding tert-OH is 1. The Bertz CT molecular complexity index is 540. The molecule has 0 aliphatic rings. The summed E-state index contributed by atoms with van der Waals surface area (Å²) in [7, 11) is 0. The van der Waals surface area contributed by atoms with Crippen LogP contribution in [0.25, 0.3) is 11.0 Å². The molecule has 0 saturated carbocycles. The largest absolute Gasteiger partial charge is 0.390 e. The summed E-state index contributed by atoms with van der Waals surface area (Å²) in [6, 6.07) is 5.80. The fourth-order valence-electron chi connectivity index (χ4n) is 1.54. The third kappa shape index (κ3) is 1.88. The maximum absolute atomic E-state index is 8.95. The first kappa shape index (κ1) is 10.6. The van der Waals surface area contributed by atoms with E-state index in [0.717, 1.165) is 11.0 Å². The molecular formula is C11H12N4O. The first-order chi connectivity index (χ1) is 7.74. The molecule has 0 aliphatic heterocycles. The summed E-state index contributed by atoms with van der Waals surface area (Å²) in [6.07, 6.45) is 1.65. The van der Waals surface area contributed by atoms with Crippen LogP contribution in [-0.2, 0) is 13.2 Å². The van der Waals surface area contributed by atoms with Crippen LogP contribution >= 0.6 is 0 Å². The minimum absolute atomic E-state index is 0.0737. The van der Waals surface area contributed by atoms with Gasteiger partial charge in [-0.05, 0) is 19.1 Å². The number of pyridine rings is 1. The van der Waals surface area contributed by atoms with Crippen LogP contribution in [-0.4, -0.2) is 19.9 Å². The van der Waals surface area contributed by atoms with E-state index in [1.807, 2.05) is 13.0 Å². The first-order valence-electron chi connectivity index (χ1n) is 5.06. The van der Waals surface area contributed by atoms with Crippen molar-refractivity contribution in [1.29, 1.82) is 5.26 Å². The maximum Gasteiger partial charge on any atom is 0.109 e. The van der Waals surface area contributed by atoms with Crippen molar-refractivity contribution >= 4 is 11.0 Å². The summed E-state index contributed by atoms with van der Waals surface area (Å²) in [5, 5.41) is 21.9. The molecule has 0 fully saturated rings. The quantitative estimate of drug-likeness (QED) is 0.833. The van der Waals surface area contributed by atoms with Crippen molar-refractivity contribution in [3.05, 3.63) is 24.0 Å². The van der Waals surface area contributed by atoms with Gasteiger partial charge in [0.2, 0.25) is 0 Å². The van der Waals surface area contributed by atoms with E-state index >= 15 is 0 Å². The van der Waals surface area contributed by atoms with Crippen LogP contribution in [0.1, 0.15) is 12.6 Å². The lowest BCUT2D eigenvalue weighted by atomic mass is 10.2. The summed E-state index contributed by atoms with van der Waals surface area (Å²) >= 11 is 0. The van der Waals surface area contributed by atoms with E-state index in [0.29, 0.717) is 12.2 Å². The summed E-state index contributed by atoms with van der Waals surface area (Å²) in [6.45, 7) is 2.33. The van der Waals surface area contributed by atoms with Crippen molar-refractivity contribution in [2.75, 3.05) is 0 Å². The normalized spacial score (nSPS) is 12.6. The number of nitriles is 1. The Morgan fingerprint density at radius 1 is 1.56 bits per heavy atom. The third-order valence-electron chi connectivity index (χ3n) is 2.39. The summed E-state index contributed by atoms with van der Waals surface area (Å²) in [5.74, 6) is -0.0828. The molecule has 0 aromatic carbocycles. The lowest BCUT2D eigenvalue weighted by Gasteiger charge is -2.04. The molecule has 2 aromatic heterocycles. The van der Waals surface area contributed by atoms with Crippen LogP contribution in [0, 0.1) is 17.2 Å². The minimum atomic E-state index is -0.0828. The van der Waals surface area contributed by atoms with Crippen molar-refractivity contribution < 1.29 is 5.11 Å². The molecule has 1 N–H and O–H groups in total. The Hall–Kier alpha value is -1.93. The van der Waals surface area contributed by atoms with Gasteiger partial charge in [0, 0.05) is 0 Å². The Morgan fingerprint density at radius 3 is 3.06 bits per heavy atom. The van der Waals surface area contributed by atoms with Crippen molar-refractivity contribution in [1.82, 2.24) is 14.8 Å². The Balaban J connectivity index is 2.38. The number of nitrogens with zero attached hydrogens (tertiary/aromatic N) is 4. The van der Waals surface area contributed by atoms with Gasteiger partial charge in [0.05, 0.1) is 42.5 Å².